The Morgan fingerprint density at radius 1 is 1.29 bits per heavy atom. The van der Waals surface area contributed by atoms with Gasteiger partial charge in [0.1, 0.15) is 5.75 Å². The Balaban J connectivity index is 0.00000392. The van der Waals surface area contributed by atoms with Crippen molar-refractivity contribution >= 4 is 35.6 Å². The van der Waals surface area contributed by atoms with E-state index in [1.54, 1.807) is 7.11 Å². The van der Waals surface area contributed by atoms with E-state index in [1.165, 1.54) is 0 Å². The van der Waals surface area contributed by atoms with Gasteiger partial charge in [0, 0.05) is 38.6 Å². The lowest BCUT2D eigenvalue weighted by atomic mass is 10.2. The first kappa shape index (κ1) is 24.6. The third-order valence-corrected chi connectivity index (χ3v) is 4.44. The zero-order chi connectivity index (χ0) is 19.7. The van der Waals surface area contributed by atoms with Crippen LogP contribution >= 0.6 is 24.0 Å². The molecule has 1 fully saturated rings. The summed E-state index contributed by atoms with van der Waals surface area (Å²) in [4.78, 5) is 6.68. The molecule has 1 unspecified atom stereocenters. The Hall–Kier alpha value is -1.39. The van der Waals surface area contributed by atoms with Gasteiger partial charge in [0.15, 0.2) is 5.96 Å². The van der Waals surface area contributed by atoms with E-state index in [1.807, 2.05) is 31.2 Å². The summed E-state index contributed by atoms with van der Waals surface area (Å²) in [5.41, 5.74) is 1.07. The lowest BCUT2D eigenvalue weighted by molar-refractivity contribution is -0.135. The maximum absolute atomic E-state index is 12.2. The van der Waals surface area contributed by atoms with Crippen molar-refractivity contribution in [1.29, 1.82) is 0 Å². The maximum atomic E-state index is 12.2. The van der Waals surface area contributed by atoms with E-state index in [2.05, 4.69) is 20.5 Å². The van der Waals surface area contributed by atoms with Crippen molar-refractivity contribution in [2.24, 2.45) is 4.99 Å². The molecular formula is C19H30F3IN4O. The lowest BCUT2D eigenvalue weighted by Crippen LogP contribution is -2.44. The predicted molar refractivity (Wildman–Crippen MR) is 118 cm³/mol. The minimum atomic E-state index is -4.09. The van der Waals surface area contributed by atoms with E-state index in [4.69, 9.17) is 4.74 Å². The van der Waals surface area contributed by atoms with E-state index in [0.29, 0.717) is 25.5 Å². The van der Waals surface area contributed by atoms with E-state index in [-0.39, 0.29) is 36.4 Å². The monoisotopic (exact) mass is 514 g/mol. The Kier molecular flexibility index (Phi) is 10.8. The third kappa shape index (κ3) is 8.32. The van der Waals surface area contributed by atoms with E-state index >= 15 is 0 Å². The molecule has 9 heteroatoms. The number of nitrogens with zero attached hydrogens (tertiary/aromatic N) is 2. The van der Waals surface area contributed by atoms with Crippen molar-refractivity contribution in [2.75, 3.05) is 38.2 Å². The van der Waals surface area contributed by atoms with Gasteiger partial charge in [0.05, 0.1) is 12.8 Å². The van der Waals surface area contributed by atoms with E-state index in [0.717, 1.165) is 30.9 Å². The number of anilines is 1. The van der Waals surface area contributed by atoms with Crippen LogP contribution in [0.4, 0.5) is 18.9 Å². The van der Waals surface area contributed by atoms with Crippen molar-refractivity contribution in [3.8, 4) is 5.75 Å². The SMILES string of the molecule is CCNC(=NCCCCC(F)(F)F)NC1CCN(c2ccccc2OC)C1.I. The zero-order valence-electron chi connectivity index (χ0n) is 16.4. The quantitative estimate of drug-likeness (QED) is 0.237. The van der Waals surface area contributed by atoms with Gasteiger partial charge in [-0.25, -0.2) is 0 Å². The van der Waals surface area contributed by atoms with Gasteiger partial charge in [-0.15, -0.1) is 24.0 Å². The number of halogens is 4. The van der Waals surface area contributed by atoms with Crippen LogP contribution in [-0.4, -0.2) is 51.5 Å². The minimum absolute atomic E-state index is 0. The van der Waals surface area contributed by atoms with E-state index in [9.17, 15) is 13.2 Å². The standard InChI is InChI=1S/C19H29F3N4O.HI/c1-3-23-18(24-12-7-6-11-19(20,21)22)25-15-10-13-26(14-15)16-8-4-5-9-17(16)27-2;/h4-5,8-9,15H,3,6-7,10-14H2,1-2H3,(H2,23,24,25);1H. The van der Waals surface area contributed by atoms with Crippen LogP contribution in [0.3, 0.4) is 0 Å². The van der Waals surface area contributed by atoms with Gasteiger partial charge in [-0.3, -0.25) is 4.99 Å². The summed E-state index contributed by atoms with van der Waals surface area (Å²) >= 11 is 0. The Bertz CT molecular complexity index is 613. The molecule has 5 nitrogen and oxygen atoms in total. The molecule has 0 radical (unpaired) electrons. The number of para-hydroxylation sites is 2. The summed E-state index contributed by atoms with van der Waals surface area (Å²) in [6, 6.07) is 8.15. The topological polar surface area (TPSA) is 48.9 Å². The van der Waals surface area contributed by atoms with Crippen LogP contribution in [0, 0.1) is 0 Å². The molecule has 0 aromatic heterocycles. The highest BCUT2D eigenvalue weighted by molar-refractivity contribution is 14.0. The molecule has 0 saturated carbocycles. The molecule has 1 aliphatic rings. The number of alkyl halides is 3. The first-order valence-corrected chi connectivity index (χ1v) is 9.42. The molecule has 2 rings (SSSR count). The van der Waals surface area contributed by atoms with Gasteiger partial charge in [0.2, 0.25) is 0 Å². The Morgan fingerprint density at radius 3 is 2.71 bits per heavy atom. The van der Waals surface area contributed by atoms with Crippen LogP contribution in [0.2, 0.25) is 0 Å². The molecule has 160 valence electrons. The number of hydrogen-bond acceptors (Lipinski definition) is 3. The fraction of sp³-hybridized carbons (Fsp3) is 0.632. The summed E-state index contributed by atoms with van der Waals surface area (Å²) in [6.45, 7) is 4.78. The van der Waals surface area contributed by atoms with Crippen molar-refractivity contribution in [3.63, 3.8) is 0 Å². The minimum Gasteiger partial charge on any atom is -0.495 e. The van der Waals surface area contributed by atoms with E-state index < -0.39 is 12.6 Å². The fourth-order valence-electron chi connectivity index (χ4n) is 3.13. The van der Waals surface area contributed by atoms with Crippen molar-refractivity contribution in [2.45, 2.75) is 44.8 Å². The van der Waals surface area contributed by atoms with Gasteiger partial charge in [-0.1, -0.05) is 12.1 Å². The average molecular weight is 514 g/mol. The number of rotatable bonds is 8. The van der Waals surface area contributed by atoms with Crippen LogP contribution < -0.4 is 20.3 Å². The van der Waals surface area contributed by atoms with Crippen LogP contribution in [-0.2, 0) is 0 Å². The highest BCUT2D eigenvalue weighted by Crippen LogP contribution is 2.30. The zero-order valence-corrected chi connectivity index (χ0v) is 18.7. The highest BCUT2D eigenvalue weighted by Gasteiger charge is 2.26. The molecule has 0 amide bonds. The molecule has 28 heavy (non-hydrogen) atoms. The van der Waals surface area contributed by atoms with Crippen molar-refractivity contribution < 1.29 is 17.9 Å². The van der Waals surface area contributed by atoms with Crippen LogP contribution in [0.15, 0.2) is 29.3 Å². The number of ether oxygens (including phenoxy) is 1. The molecule has 1 atom stereocenters. The average Bonchev–Trinajstić information content (AvgIpc) is 3.09. The van der Waals surface area contributed by atoms with Crippen molar-refractivity contribution in [3.05, 3.63) is 24.3 Å². The summed E-state index contributed by atoms with van der Waals surface area (Å²) < 4.78 is 42.0. The Labute approximate surface area is 182 Å². The van der Waals surface area contributed by atoms with Gasteiger partial charge in [0.25, 0.3) is 0 Å². The molecule has 2 N–H and O–H groups in total. The molecule has 1 aromatic rings. The second-order valence-corrected chi connectivity index (χ2v) is 6.58. The number of nitrogens with one attached hydrogen (secondary N) is 2. The van der Waals surface area contributed by atoms with Gasteiger partial charge in [-0.05, 0) is 38.3 Å². The third-order valence-electron chi connectivity index (χ3n) is 4.44. The lowest BCUT2D eigenvalue weighted by Gasteiger charge is -2.22. The molecule has 1 heterocycles. The summed E-state index contributed by atoms with van der Waals surface area (Å²) in [5.74, 6) is 1.51. The number of hydrogen-bond donors (Lipinski definition) is 2. The van der Waals surface area contributed by atoms with Crippen LogP contribution in [0.1, 0.15) is 32.6 Å². The van der Waals surface area contributed by atoms with Gasteiger partial charge >= 0.3 is 6.18 Å². The molecule has 0 spiro atoms. The summed E-state index contributed by atoms with van der Waals surface area (Å²) in [5, 5.41) is 6.56. The number of aliphatic imine (C=N–C) groups is 1. The number of benzene rings is 1. The second kappa shape index (κ2) is 12.2. The number of methoxy groups -OCH3 is 1. The van der Waals surface area contributed by atoms with Gasteiger partial charge < -0.3 is 20.3 Å². The normalized spacial score (nSPS) is 17.2. The molecule has 1 saturated heterocycles. The first-order chi connectivity index (χ1) is 12.9. The summed E-state index contributed by atoms with van der Waals surface area (Å²) in [6.07, 6.45) is -3.34. The molecule has 0 bridgehead atoms. The molecule has 1 aliphatic heterocycles. The Morgan fingerprint density at radius 2 is 2.04 bits per heavy atom. The second-order valence-electron chi connectivity index (χ2n) is 6.58. The smallest absolute Gasteiger partial charge is 0.389 e. The predicted octanol–water partition coefficient (Wildman–Crippen LogP) is 4.18. The maximum Gasteiger partial charge on any atom is 0.389 e. The van der Waals surface area contributed by atoms with Crippen LogP contribution in [0.25, 0.3) is 0 Å². The molecular weight excluding hydrogens is 484 g/mol. The summed E-state index contributed by atoms with van der Waals surface area (Å²) in [7, 11) is 1.67. The molecule has 1 aromatic carbocycles. The fourth-order valence-corrected chi connectivity index (χ4v) is 3.13. The van der Waals surface area contributed by atoms with Crippen molar-refractivity contribution in [1.82, 2.24) is 10.6 Å². The van der Waals surface area contributed by atoms with Crippen LogP contribution in [0.5, 0.6) is 5.75 Å². The number of guanidine groups is 1. The number of unbranched alkanes of at least 4 members (excludes halogenated alkanes) is 1. The first-order valence-electron chi connectivity index (χ1n) is 9.42. The van der Waals surface area contributed by atoms with Gasteiger partial charge in [-0.2, -0.15) is 13.2 Å². The largest absolute Gasteiger partial charge is 0.495 e. The molecule has 0 aliphatic carbocycles. The highest BCUT2D eigenvalue weighted by atomic mass is 127.